The number of thiazole rings is 1. The molecule has 2 atom stereocenters. The average molecular weight is 268 g/mol. The number of rotatable bonds is 6. The summed E-state index contributed by atoms with van der Waals surface area (Å²) in [5.41, 5.74) is 0. The maximum atomic E-state index is 6.04. The molecular weight excluding hydrogens is 244 g/mol. The molecule has 0 amide bonds. The summed E-state index contributed by atoms with van der Waals surface area (Å²) < 4.78 is 6.04. The molecule has 1 aliphatic rings. The van der Waals surface area contributed by atoms with Gasteiger partial charge >= 0.3 is 0 Å². The summed E-state index contributed by atoms with van der Waals surface area (Å²) in [5.74, 6) is 0.877. The number of nitrogens with zero attached hydrogens (tertiary/aromatic N) is 1. The van der Waals surface area contributed by atoms with Crippen LogP contribution in [0, 0.1) is 5.92 Å². The molecule has 1 N–H and O–H groups in total. The molecule has 0 saturated heterocycles. The van der Waals surface area contributed by atoms with E-state index in [2.05, 4.69) is 24.1 Å². The van der Waals surface area contributed by atoms with Crippen molar-refractivity contribution in [2.24, 2.45) is 5.92 Å². The number of hydrogen-bond acceptors (Lipinski definition) is 4. The predicted molar refractivity (Wildman–Crippen MR) is 77.1 cm³/mol. The van der Waals surface area contributed by atoms with Gasteiger partial charge < -0.3 is 10.1 Å². The number of ether oxygens (including phenoxy) is 1. The first-order valence-corrected chi connectivity index (χ1v) is 7.93. The van der Waals surface area contributed by atoms with E-state index in [1.54, 1.807) is 11.3 Å². The highest BCUT2D eigenvalue weighted by atomic mass is 32.1. The fraction of sp³-hybridized carbons (Fsp3) is 0.786. The van der Waals surface area contributed by atoms with Crippen LogP contribution >= 0.6 is 11.3 Å². The van der Waals surface area contributed by atoms with Crippen LogP contribution in [0.2, 0.25) is 0 Å². The van der Waals surface area contributed by atoms with Crippen molar-refractivity contribution >= 4 is 16.5 Å². The maximum Gasteiger partial charge on any atom is 0.182 e. The Labute approximate surface area is 114 Å². The van der Waals surface area contributed by atoms with Crippen molar-refractivity contribution in [2.75, 3.05) is 11.9 Å². The van der Waals surface area contributed by atoms with E-state index in [-0.39, 0.29) is 0 Å². The second-order valence-electron chi connectivity index (χ2n) is 5.04. The molecule has 0 aromatic carbocycles. The van der Waals surface area contributed by atoms with Crippen LogP contribution in [-0.2, 0) is 11.3 Å². The lowest BCUT2D eigenvalue weighted by Gasteiger charge is -2.28. The Morgan fingerprint density at radius 2 is 2.33 bits per heavy atom. The van der Waals surface area contributed by atoms with E-state index in [4.69, 9.17) is 4.74 Å². The molecule has 1 aromatic rings. The van der Waals surface area contributed by atoms with Crippen LogP contribution in [0.5, 0.6) is 0 Å². The molecule has 2 unspecified atom stereocenters. The van der Waals surface area contributed by atoms with Crippen molar-refractivity contribution in [1.82, 2.24) is 4.98 Å². The molecule has 1 heterocycles. The van der Waals surface area contributed by atoms with Gasteiger partial charge in [0.25, 0.3) is 0 Å². The molecule has 4 heteroatoms. The van der Waals surface area contributed by atoms with Gasteiger partial charge in [0.05, 0.1) is 17.6 Å². The van der Waals surface area contributed by atoms with Crippen LogP contribution in [0.15, 0.2) is 6.20 Å². The highest BCUT2D eigenvalue weighted by molar-refractivity contribution is 7.15. The van der Waals surface area contributed by atoms with E-state index < -0.39 is 0 Å². The van der Waals surface area contributed by atoms with Gasteiger partial charge in [-0.15, -0.1) is 0 Å². The molecule has 1 aliphatic carbocycles. The Bertz CT molecular complexity index is 353. The first-order valence-electron chi connectivity index (χ1n) is 7.12. The molecular formula is C14H24N2OS. The quantitative estimate of drug-likeness (QED) is 0.844. The Morgan fingerprint density at radius 1 is 1.44 bits per heavy atom. The standard InChI is InChI=1S/C14H24N2OS/c1-3-11-6-5-7-12(8-11)17-10-13-9-16-14(18-13)15-4-2/h9,11-12H,3-8,10H2,1-2H3,(H,15,16). The molecule has 1 aromatic heterocycles. The third-order valence-electron chi connectivity index (χ3n) is 3.65. The largest absolute Gasteiger partial charge is 0.373 e. The lowest BCUT2D eigenvalue weighted by molar-refractivity contribution is 0.00291. The average Bonchev–Trinajstić information content (AvgIpc) is 2.85. The van der Waals surface area contributed by atoms with Gasteiger partial charge in [0, 0.05) is 12.7 Å². The van der Waals surface area contributed by atoms with E-state index in [0.29, 0.717) is 6.10 Å². The van der Waals surface area contributed by atoms with Gasteiger partial charge in [0.2, 0.25) is 0 Å². The Balaban J connectivity index is 1.76. The number of anilines is 1. The van der Waals surface area contributed by atoms with Crippen LogP contribution in [0.25, 0.3) is 0 Å². The second kappa shape index (κ2) is 7.10. The molecule has 18 heavy (non-hydrogen) atoms. The first-order chi connectivity index (χ1) is 8.81. The van der Waals surface area contributed by atoms with Crippen molar-refractivity contribution in [1.29, 1.82) is 0 Å². The first kappa shape index (κ1) is 13.8. The minimum Gasteiger partial charge on any atom is -0.373 e. The molecule has 1 fully saturated rings. The summed E-state index contributed by atoms with van der Waals surface area (Å²) in [6.45, 7) is 6.03. The van der Waals surface area contributed by atoms with E-state index in [9.17, 15) is 0 Å². The molecule has 0 spiro atoms. The Hall–Kier alpha value is -0.610. The highest BCUT2D eigenvalue weighted by Crippen LogP contribution is 2.29. The highest BCUT2D eigenvalue weighted by Gasteiger charge is 2.21. The molecule has 1 saturated carbocycles. The van der Waals surface area contributed by atoms with E-state index in [0.717, 1.165) is 24.2 Å². The fourth-order valence-corrected chi connectivity index (χ4v) is 3.37. The van der Waals surface area contributed by atoms with Crippen LogP contribution < -0.4 is 5.32 Å². The molecule has 3 nitrogen and oxygen atoms in total. The third kappa shape index (κ3) is 3.95. The SMILES string of the molecule is CCNc1ncc(COC2CCCC(CC)C2)s1. The van der Waals surface area contributed by atoms with Crippen LogP contribution in [-0.4, -0.2) is 17.6 Å². The summed E-state index contributed by atoms with van der Waals surface area (Å²) in [6, 6.07) is 0. The van der Waals surface area contributed by atoms with Crippen LogP contribution in [0.3, 0.4) is 0 Å². The lowest BCUT2D eigenvalue weighted by atomic mass is 9.85. The number of aromatic nitrogens is 1. The van der Waals surface area contributed by atoms with E-state index in [1.807, 2.05) is 6.20 Å². The lowest BCUT2D eigenvalue weighted by Crippen LogP contribution is -2.22. The van der Waals surface area contributed by atoms with Crippen molar-refractivity contribution in [3.63, 3.8) is 0 Å². The normalized spacial score (nSPS) is 24.1. The van der Waals surface area contributed by atoms with Crippen LogP contribution in [0.4, 0.5) is 5.13 Å². The second-order valence-corrected chi connectivity index (χ2v) is 6.15. The Morgan fingerprint density at radius 3 is 3.11 bits per heavy atom. The van der Waals surface area contributed by atoms with Crippen molar-refractivity contribution in [2.45, 2.75) is 58.7 Å². The minimum atomic E-state index is 0.466. The molecule has 0 radical (unpaired) electrons. The smallest absolute Gasteiger partial charge is 0.182 e. The molecule has 0 bridgehead atoms. The number of nitrogens with one attached hydrogen (secondary N) is 1. The summed E-state index contributed by atoms with van der Waals surface area (Å²) in [6.07, 6.45) is 8.89. The van der Waals surface area contributed by atoms with Crippen molar-refractivity contribution < 1.29 is 4.74 Å². The van der Waals surface area contributed by atoms with Gasteiger partial charge in [-0.2, -0.15) is 0 Å². The van der Waals surface area contributed by atoms with Crippen LogP contribution in [0.1, 0.15) is 50.8 Å². The molecule has 0 aliphatic heterocycles. The Kier molecular flexibility index (Phi) is 5.45. The van der Waals surface area contributed by atoms with Crippen molar-refractivity contribution in [3.05, 3.63) is 11.1 Å². The minimum absolute atomic E-state index is 0.466. The summed E-state index contributed by atoms with van der Waals surface area (Å²) in [7, 11) is 0. The fourth-order valence-electron chi connectivity index (χ4n) is 2.57. The van der Waals surface area contributed by atoms with Crippen molar-refractivity contribution in [3.8, 4) is 0 Å². The molecule has 2 rings (SSSR count). The van der Waals surface area contributed by atoms with Gasteiger partial charge in [-0.05, 0) is 25.7 Å². The monoisotopic (exact) mass is 268 g/mol. The zero-order chi connectivity index (χ0) is 12.8. The molecule has 102 valence electrons. The van der Waals surface area contributed by atoms with Gasteiger partial charge in [-0.25, -0.2) is 4.98 Å². The predicted octanol–water partition coefficient (Wildman–Crippen LogP) is 4.06. The van der Waals surface area contributed by atoms with Gasteiger partial charge in [0.15, 0.2) is 5.13 Å². The zero-order valence-corrected chi connectivity index (χ0v) is 12.3. The number of hydrogen-bond donors (Lipinski definition) is 1. The van der Waals surface area contributed by atoms with E-state index >= 15 is 0 Å². The summed E-state index contributed by atoms with van der Waals surface area (Å²) in [5, 5.41) is 4.24. The topological polar surface area (TPSA) is 34.2 Å². The zero-order valence-electron chi connectivity index (χ0n) is 11.4. The maximum absolute atomic E-state index is 6.04. The van der Waals surface area contributed by atoms with E-state index in [1.165, 1.54) is 37.0 Å². The third-order valence-corrected chi connectivity index (χ3v) is 4.58. The van der Waals surface area contributed by atoms with Gasteiger partial charge in [-0.3, -0.25) is 0 Å². The summed E-state index contributed by atoms with van der Waals surface area (Å²) in [4.78, 5) is 5.55. The summed E-state index contributed by atoms with van der Waals surface area (Å²) >= 11 is 1.71. The van der Waals surface area contributed by atoms with Gasteiger partial charge in [0.1, 0.15) is 0 Å². The van der Waals surface area contributed by atoms with Gasteiger partial charge in [-0.1, -0.05) is 37.5 Å².